The summed E-state index contributed by atoms with van der Waals surface area (Å²) in [6.45, 7) is 2.56. The summed E-state index contributed by atoms with van der Waals surface area (Å²) in [5.74, 6) is 0.578. The normalized spacial score (nSPS) is 15.5. The van der Waals surface area contributed by atoms with Gasteiger partial charge in [-0.25, -0.2) is 0 Å². The molecular weight excluding hydrogens is 412 g/mol. The van der Waals surface area contributed by atoms with Crippen LogP contribution in [-0.4, -0.2) is 49.9 Å². The first kappa shape index (κ1) is 22.7. The van der Waals surface area contributed by atoms with Crippen LogP contribution in [0.25, 0.3) is 0 Å². The molecule has 1 N–H and O–H groups in total. The van der Waals surface area contributed by atoms with Crippen molar-refractivity contribution in [2.75, 3.05) is 33.3 Å². The van der Waals surface area contributed by atoms with Crippen molar-refractivity contribution in [2.24, 2.45) is 0 Å². The lowest BCUT2D eigenvalue weighted by Gasteiger charge is -2.42. The highest BCUT2D eigenvalue weighted by molar-refractivity contribution is 5.97. The molecular formula is C28H30N2O3. The molecule has 1 aliphatic rings. The van der Waals surface area contributed by atoms with Gasteiger partial charge < -0.3 is 10.1 Å². The summed E-state index contributed by atoms with van der Waals surface area (Å²) >= 11 is 0. The highest BCUT2D eigenvalue weighted by Crippen LogP contribution is 2.35. The van der Waals surface area contributed by atoms with E-state index in [4.69, 9.17) is 4.74 Å². The van der Waals surface area contributed by atoms with Gasteiger partial charge in [0.05, 0.1) is 19.2 Å². The van der Waals surface area contributed by atoms with E-state index in [0.717, 1.165) is 31.5 Å². The van der Waals surface area contributed by atoms with Crippen molar-refractivity contribution < 1.29 is 14.3 Å². The molecule has 5 heteroatoms. The average Bonchev–Trinajstić information content (AvgIpc) is 2.89. The smallest absolute Gasteiger partial charge is 0.255 e. The number of carbonyl (C=O) groups is 2. The Kier molecular flexibility index (Phi) is 7.20. The van der Waals surface area contributed by atoms with Crippen LogP contribution in [0.4, 0.5) is 0 Å². The van der Waals surface area contributed by atoms with Crippen LogP contribution in [0, 0.1) is 0 Å². The molecule has 1 fully saturated rings. The molecule has 0 spiro atoms. The highest BCUT2D eigenvalue weighted by Gasteiger charge is 2.37. The topological polar surface area (TPSA) is 58.6 Å². The molecule has 170 valence electrons. The third-order valence-corrected chi connectivity index (χ3v) is 6.60. The van der Waals surface area contributed by atoms with E-state index in [-0.39, 0.29) is 17.1 Å². The van der Waals surface area contributed by atoms with Crippen molar-refractivity contribution in [3.05, 3.63) is 102 Å². The quantitative estimate of drug-likeness (QED) is 0.527. The van der Waals surface area contributed by atoms with E-state index >= 15 is 0 Å². The summed E-state index contributed by atoms with van der Waals surface area (Å²) in [6, 6.07) is 27.1. The number of benzene rings is 3. The zero-order valence-corrected chi connectivity index (χ0v) is 19.0. The number of amides is 1. The standard InChI is InChI=1S/C28H30N2O3/c1-33-26-15-9-8-14-24(26)27(32)29-21-28(23-12-6-3-7-13-23)16-18-30(19-17-28)20-25(31)22-10-4-2-5-11-22/h2-15H,16-21H2,1H3,(H,29,32). The summed E-state index contributed by atoms with van der Waals surface area (Å²) in [4.78, 5) is 27.8. The predicted octanol–water partition coefficient (Wildman–Crippen LogP) is 4.34. The fourth-order valence-corrected chi connectivity index (χ4v) is 4.59. The minimum Gasteiger partial charge on any atom is -0.496 e. The lowest BCUT2D eigenvalue weighted by Crippen LogP contribution is -2.49. The van der Waals surface area contributed by atoms with Crippen LogP contribution in [0.3, 0.4) is 0 Å². The van der Waals surface area contributed by atoms with Gasteiger partial charge in [-0.15, -0.1) is 0 Å². The van der Waals surface area contributed by atoms with Crippen LogP contribution in [0.1, 0.15) is 39.1 Å². The van der Waals surface area contributed by atoms with E-state index in [2.05, 4.69) is 22.3 Å². The Morgan fingerprint density at radius 1 is 0.879 bits per heavy atom. The molecule has 0 radical (unpaired) electrons. The number of rotatable bonds is 8. The first-order chi connectivity index (χ1) is 16.1. The second-order valence-corrected chi connectivity index (χ2v) is 8.59. The molecule has 0 aromatic heterocycles. The van der Waals surface area contributed by atoms with Gasteiger partial charge in [-0.05, 0) is 43.6 Å². The van der Waals surface area contributed by atoms with E-state index < -0.39 is 0 Å². The van der Waals surface area contributed by atoms with Crippen molar-refractivity contribution >= 4 is 11.7 Å². The van der Waals surface area contributed by atoms with Gasteiger partial charge in [0, 0.05) is 17.5 Å². The van der Waals surface area contributed by atoms with Crippen LogP contribution in [0.2, 0.25) is 0 Å². The molecule has 0 saturated carbocycles. The number of carbonyl (C=O) groups excluding carboxylic acids is 2. The van der Waals surface area contributed by atoms with Crippen LogP contribution >= 0.6 is 0 Å². The van der Waals surface area contributed by atoms with Gasteiger partial charge in [0.2, 0.25) is 0 Å². The number of Topliss-reactive ketones (excluding diaryl/α,β-unsaturated/α-hetero) is 1. The zero-order chi connectivity index (χ0) is 23.1. The molecule has 0 atom stereocenters. The largest absolute Gasteiger partial charge is 0.496 e. The van der Waals surface area contributed by atoms with Crippen molar-refractivity contribution in [1.82, 2.24) is 10.2 Å². The Bertz CT molecular complexity index is 1070. The number of ketones is 1. The van der Waals surface area contributed by atoms with Gasteiger partial charge in [-0.3, -0.25) is 14.5 Å². The fraction of sp³-hybridized carbons (Fsp3) is 0.286. The van der Waals surface area contributed by atoms with Crippen molar-refractivity contribution in [3.63, 3.8) is 0 Å². The average molecular weight is 443 g/mol. The van der Waals surface area contributed by atoms with E-state index in [9.17, 15) is 9.59 Å². The number of likely N-dealkylation sites (tertiary alicyclic amines) is 1. The van der Waals surface area contributed by atoms with Gasteiger partial charge in [-0.2, -0.15) is 0 Å². The summed E-state index contributed by atoms with van der Waals surface area (Å²) in [5.41, 5.74) is 2.33. The summed E-state index contributed by atoms with van der Waals surface area (Å²) in [5, 5.41) is 3.16. The number of methoxy groups -OCH3 is 1. The maximum absolute atomic E-state index is 13.0. The first-order valence-corrected chi connectivity index (χ1v) is 11.4. The highest BCUT2D eigenvalue weighted by atomic mass is 16.5. The monoisotopic (exact) mass is 442 g/mol. The maximum atomic E-state index is 13.0. The lowest BCUT2D eigenvalue weighted by molar-refractivity contribution is 0.0860. The van der Waals surface area contributed by atoms with Gasteiger partial charge >= 0.3 is 0 Å². The summed E-state index contributed by atoms with van der Waals surface area (Å²) in [6.07, 6.45) is 1.73. The second kappa shape index (κ2) is 10.5. The van der Waals surface area contributed by atoms with E-state index in [1.165, 1.54) is 5.56 Å². The number of nitrogens with zero attached hydrogens (tertiary/aromatic N) is 1. The molecule has 1 amide bonds. The first-order valence-electron chi connectivity index (χ1n) is 11.4. The Morgan fingerprint density at radius 2 is 1.48 bits per heavy atom. The number of piperidine rings is 1. The molecule has 5 nitrogen and oxygen atoms in total. The number of ether oxygens (including phenoxy) is 1. The lowest BCUT2D eigenvalue weighted by atomic mass is 9.72. The molecule has 3 aromatic rings. The molecule has 1 saturated heterocycles. The van der Waals surface area contributed by atoms with Crippen molar-refractivity contribution in [2.45, 2.75) is 18.3 Å². The van der Waals surface area contributed by atoms with Crippen molar-refractivity contribution in [1.29, 1.82) is 0 Å². The van der Waals surface area contributed by atoms with Gasteiger partial charge in [-0.1, -0.05) is 72.8 Å². The number of hydrogen-bond donors (Lipinski definition) is 1. The summed E-state index contributed by atoms with van der Waals surface area (Å²) in [7, 11) is 1.57. The van der Waals surface area contributed by atoms with Crippen LogP contribution in [0.15, 0.2) is 84.9 Å². The molecule has 0 bridgehead atoms. The molecule has 0 unspecified atom stereocenters. The minimum atomic E-state index is -0.175. The number of hydrogen-bond acceptors (Lipinski definition) is 4. The molecule has 0 aliphatic carbocycles. The SMILES string of the molecule is COc1ccccc1C(=O)NCC1(c2ccccc2)CCN(CC(=O)c2ccccc2)CC1. The predicted molar refractivity (Wildman–Crippen MR) is 130 cm³/mol. The second-order valence-electron chi connectivity index (χ2n) is 8.59. The van der Waals surface area contributed by atoms with E-state index in [1.54, 1.807) is 19.2 Å². The molecule has 33 heavy (non-hydrogen) atoms. The number of para-hydroxylation sites is 1. The fourth-order valence-electron chi connectivity index (χ4n) is 4.59. The van der Waals surface area contributed by atoms with Crippen LogP contribution < -0.4 is 10.1 Å². The van der Waals surface area contributed by atoms with Gasteiger partial charge in [0.1, 0.15) is 5.75 Å². The zero-order valence-electron chi connectivity index (χ0n) is 19.0. The van der Waals surface area contributed by atoms with E-state index in [1.807, 2.05) is 60.7 Å². The molecule has 3 aromatic carbocycles. The maximum Gasteiger partial charge on any atom is 0.255 e. The van der Waals surface area contributed by atoms with Crippen LogP contribution in [0.5, 0.6) is 5.75 Å². The minimum absolute atomic E-state index is 0.135. The van der Waals surface area contributed by atoms with E-state index in [0.29, 0.717) is 24.4 Å². The Balaban J connectivity index is 1.45. The molecule has 1 heterocycles. The Labute approximate surface area is 195 Å². The van der Waals surface area contributed by atoms with Gasteiger partial charge in [0.25, 0.3) is 5.91 Å². The van der Waals surface area contributed by atoms with Gasteiger partial charge in [0.15, 0.2) is 5.78 Å². The van der Waals surface area contributed by atoms with Crippen LogP contribution in [-0.2, 0) is 5.41 Å². The van der Waals surface area contributed by atoms with Crippen molar-refractivity contribution in [3.8, 4) is 5.75 Å². The third kappa shape index (κ3) is 5.32. The molecule has 4 rings (SSSR count). The summed E-state index contributed by atoms with van der Waals surface area (Å²) < 4.78 is 5.36. The molecule has 1 aliphatic heterocycles. The Morgan fingerprint density at radius 3 is 2.15 bits per heavy atom. The Hall–Kier alpha value is -3.44. The third-order valence-electron chi connectivity index (χ3n) is 6.60. The number of nitrogens with one attached hydrogen (secondary N) is 1.